The van der Waals surface area contributed by atoms with E-state index in [0.717, 1.165) is 6.54 Å². The van der Waals surface area contributed by atoms with E-state index < -0.39 is 0 Å². The topological polar surface area (TPSA) is 67.2 Å². The van der Waals surface area contributed by atoms with Crippen LogP contribution in [0.1, 0.15) is 0 Å². The fourth-order valence-corrected chi connectivity index (χ4v) is 2.40. The first-order valence-corrected chi connectivity index (χ1v) is 6.82. The maximum Gasteiger partial charge on any atom is 0.262 e. The number of nitrogens with one attached hydrogen (secondary N) is 1. The Balaban J connectivity index is 2.15. The van der Waals surface area contributed by atoms with Gasteiger partial charge in [-0.05, 0) is 18.5 Å². The molecule has 2 rings (SSSR count). The predicted molar refractivity (Wildman–Crippen MR) is 75.4 cm³/mol. The number of hydrogen-bond acceptors (Lipinski definition) is 5. The Labute approximate surface area is 114 Å². The van der Waals surface area contributed by atoms with Gasteiger partial charge in [-0.25, -0.2) is 4.98 Å². The molecule has 0 aliphatic carbocycles. The van der Waals surface area contributed by atoms with E-state index in [2.05, 4.69) is 10.3 Å². The number of fused-ring (bicyclic) bond motifs is 1. The molecule has 0 aliphatic rings. The number of hydrogen-bond donors (Lipinski definition) is 1. The van der Waals surface area contributed by atoms with Crippen LogP contribution in [-0.2, 0) is 11.3 Å². The molecule has 2 heterocycles. The Kier molecular flexibility index (Phi) is 4.28. The summed E-state index contributed by atoms with van der Waals surface area (Å²) in [5.74, 6) is -0.103. The second kappa shape index (κ2) is 5.94. The third kappa shape index (κ3) is 2.99. The van der Waals surface area contributed by atoms with Crippen LogP contribution in [0.2, 0.25) is 0 Å². The molecular weight excluding hydrogens is 264 g/mol. The van der Waals surface area contributed by atoms with Crippen LogP contribution in [0.25, 0.3) is 10.2 Å². The first-order chi connectivity index (χ1) is 9.13. The molecule has 2 aromatic rings. The maximum atomic E-state index is 12.1. The molecule has 0 atom stereocenters. The lowest BCUT2D eigenvalue weighted by atomic mass is 10.4. The summed E-state index contributed by atoms with van der Waals surface area (Å²) in [6, 6.07) is 1.74. The average molecular weight is 280 g/mol. The molecule has 0 saturated heterocycles. The number of nitrogens with zero attached hydrogens (tertiary/aromatic N) is 3. The lowest BCUT2D eigenvalue weighted by Crippen LogP contribution is -2.37. The normalized spacial score (nSPS) is 10.8. The van der Waals surface area contributed by atoms with Crippen LogP contribution in [0.3, 0.4) is 0 Å². The van der Waals surface area contributed by atoms with E-state index in [-0.39, 0.29) is 18.0 Å². The summed E-state index contributed by atoms with van der Waals surface area (Å²) in [4.78, 5) is 30.5. The lowest BCUT2D eigenvalue weighted by Gasteiger charge is -2.17. The van der Waals surface area contributed by atoms with E-state index in [1.165, 1.54) is 22.2 Å². The summed E-state index contributed by atoms with van der Waals surface area (Å²) in [5.41, 5.74) is -0.165. The monoisotopic (exact) mass is 280 g/mol. The zero-order valence-corrected chi connectivity index (χ0v) is 11.7. The minimum absolute atomic E-state index is 0.0256. The van der Waals surface area contributed by atoms with Crippen LogP contribution in [-0.4, -0.2) is 47.5 Å². The number of carbonyl (C=O) groups is 1. The second-order valence-electron chi connectivity index (χ2n) is 4.24. The highest BCUT2D eigenvalue weighted by Gasteiger charge is 2.11. The van der Waals surface area contributed by atoms with E-state index in [0.29, 0.717) is 16.8 Å². The largest absolute Gasteiger partial charge is 0.343 e. The summed E-state index contributed by atoms with van der Waals surface area (Å²) in [5, 5.41) is 5.37. The lowest BCUT2D eigenvalue weighted by molar-refractivity contribution is -0.130. The van der Waals surface area contributed by atoms with Gasteiger partial charge in [0.25, 0.3) is 5.56 Å². The number of amides is 1. The third-order valence-electron chi connectivity index (χ3n) is 2.88. The van der Waals surface area contributed by atoms with Crippen molar-refractivity contribution in [3.8, 4) is 0 Å². The molecule has 0 bridgehead atoms. The van der Waals surface area contributed by atoms with Crippen molar-refractivity contribution >= 4 is 27.5 Å². The van der Waals surface area contributed by atoms with Gasteiger partial charge < -0.3 is 10.2 Å². The molecule has 6 nitrogen and oxygen atoms in total. The van der Waals surface area contributed by atoms with Gasteiger partial charge in [0, 0.05) is 20.1 Å². The van der Waals surface area contributed by atoms with Crippen molar-refractivity contribution in [1.82, 2.24) is 19.8 Å². The summed E-state index contributed by atoms with van der Waals surface area (Å²) in [6.07, 6.45) is 1.44. The summed E-state index contributed by atoms with van der Waals surface area (Å²) in [7, 11) is 3.55. The van der Waals surface area contributed by atoms with E-state index in [1.54, 1.807) is 18.0 Å². The minimum atomic E-state index is -0.165. The highest BCUT2D eigenvalue weighted by Crippen LogP contribution is 2.13. The van der Waals surface area contributed by atoms with Gasteiger partial charge in [-0.2, -0.15) is 0 Å². The van der Waals surface area contributed by atoms with Crippen molar-refractivity contribution in [3.05, 3.63) is 28.1 Å². The Bertz CT molecular complexity index is 634. The van der Waals surface area contributed by atoms with Crippen LogP contribution in [0.5, 0.6) is 0 Å². The fourth-order valence-electron chi connectivity index (χ4n) is 1.68. The highest BCUT2D eigenvalue weighted by molar-refractivity contribution is 7.16. The predicted octanol–water partition coefficient (Wildman–Crippen LogP) is 0.136. The molecule has 0 fully saturated rings. The first kappa shape index (κ1) is 13.7. The van der Waals surface area contributed by atoms with Crippen LogP contribution >= 0.6 is 11.3 Å². The van der Waals surface area contributed by atoms with E-state index >= 15 is 0 Å². The summed E-state index contributed by atoms with van der Waals surface area (Å²) >= 11 is 1.42. The van der Waals surface area contributed by atoms with Crippen LogP contribution in [0, 0.1) is 0 Å². The Morgan fingerprint density at radius 1 is 1.58 bits per heavy atom. The van der Waals surface area contributed by atoms with Crippen LogP contribution in [0.4, 0.5) is 0 Å². The van der Waals surface area contributed by atoms with Gasteiger partial charge in [-0.1, -0.05) is 0 Å². The molecule has 19 heavy (non-hydrogen) atoms. The highest BCUT2D eigenvalue weighted by atomic mass is 32.1. The number of likely N-dealkylation sites (N-methyl/N-ethyl adjacent to an activating group) is 2. The van der Waals surface area contributed by atoms with Gasteiger partial charge >= 0.3 is 0 Å². The molecule has 2 aromatic heterocycles. The number of thiophene rings is 1. The average Bonchev–Trinajstić information content (AvgIpc) is 2.88. The van der Waals surface area contributed by atoms with Gasteiger partial charge in [0.05, 0.1) is 11.7 Å². The molecule has 0 aliphatic heterocycles. The molecular formula is C12H16N4O2S. The van der Waals surface area contributed by atoms with Crippen molar-refractivity contribution in [2.45, 2.75) is 6.54 Å². The fraction of sp³-hybridized carbons (Fsp3) is 0.417. The molecule has 0 spiro atoms. The van der Waals surface area contributed by atoms with Crippen molar-refractivity contribution in [3.63, 3.8) is 0 Å². The van der Waals surface area contributed by atoms with Crippen molar-refractivity contribution in [2.24, 2.45) is 0 Å². The maximum absolute atomic E-state index is 12.1. The van der Waals surface area contributed by atoms with Gasteiger partial charge in [0.2, 0.25) is 5.91 Å². The van der Waals surface area contributed by atoms with E-state index in [1.807, 2.05) is 12.4 Å². The van der Waals surface area contributed by atoms with Crippen molar-refractivity contribution in [1.29, 1.82) is 0 Å². The number of carbonyl (C=O) groups excluding carboxylic acids is 1. The zero-order chi connectivity index (χ0) is 13.8. The molecule has 1 N–H and O–H groups in total. The van der Waals surface area contributed by atoms with Gasteiger partial charge in [-0.15, -0.1) is 11.3 Å². The number of rotatable bonds is 5. The Morgan fingerprint density at radius 2 is 2.37 bits per heavy atom. The SMILES string of the molecule is CNCCN(C)C(=O)Cn1cnc2sccc2c1=O. The standard InChI is InChI=1S/C12H16N4O2S/c1-13-4-5-15(2)10(17)7-16-8-14-11-9(12(16)18)3-6-19-11/h3,6,8,13H,4-5,7H2,1-2H3. The molecule has 0 saturated carbocycles. The summed E-state index contributed by atoms with van der Waals surface area (Å²) in [6.45, 7) is 1.36. The minimum Gasteiger partial charge on any atom is -0.343 e. The van der Waals surface area contributed by atoms with E-state index in [9.17, 15) is 9.59 Å². The third-order valence-corrected chi connectivity index (χ3v) is 3.70. The van der Waals surface area contributed by atoms with E-state index in [4.69, 9.17) is 0 Å². The zero-order valence-electron chi connectivity index (χ0n) is 10.9. The van der Waals surface area contributed by atoms with Crippen LogP contribution < -0.4 is 10.9 Å². The number of aromatic nitrogens is 2. The van der Waals surface area contributed by atoms with Crippen LogP contribution in [0.15, 0.2) is 22.6 Å². The first-order valence-electron chi connectivity index (χ1n) is 5.94. The van der Waals surface area contributed by atoms with Gasteiger partial charge in [0.1, 0.15) is 11.4 Å². The summed E-state index contributed by atoms with van der Waals surface area (Å²) < 4.78 is 1.35. The molecule has 0 radical (unpaired) electrons. The molecule has 102 valence electrons. The van der Waals surface area contributed by atoms with Gasteiger partial charge in [-0.3, -0.25) is 14.2 Å². The molecule has 0 unspecified atom stereocenters. The Hall–Kier alpha value is -1.73. The molecule has 7 heteroatoms. The molecule has 1 amide bonds. The molecule has 0 aromatic carbocycles. The van der Waals surface area contributed by atoms with Crippen molar-refractivity contribution < 1.29 is 4.79 Å². The smallest absolute Gasteiger partial charge is 0.262 e. The quantitative estimate of drug-likeness (QED) is 0.846. The second-order valence-corrected chi connectivity index (χ2v) is 5.13. The van der Waals surface area contributed by atoms with Crippen molar-refractivity contribution in [2.75, 3.05) is 27.2 Å². The Morgan fingerprint density at radius 3 is 3.11 bits per heavy atom. The van der Waals surface area contributed by atoms with Gasteiger partial charge in [0.15, 0.2) is 0 Å².